The fourth-order valence-electron chi connectivity index (χ4n) is 2.54. The van der Waals surface area contributed by atoms with E-state index in [4.69, 9.17) is 4.74 Å². The zero-order valence-electron chi connectivity index (χ0n) is 13.1. The van der Waals surface area contributed by atoms with Crippen LogP contribution in [0.15, 0.2) is 0 Å². The van der Waals surface area contributed by atoms with Gasteiger partial charge in [0.25, 0.3) is 0 Å². The summed E-state index contributed by atoms with van der Waals surface area (Å²) in [5.41, 5.74) is 0. The molecule has 1 heterocycles. The zero-order valence-corrected chi connectivity index (χ0v) is 13.1. The number of carbonyl (C=O) groups excluding carboxylic acids is 2. The number of piperidine rings is 1. The molecule has 1 aliphatic heterocycles. The molecule has 4 atom stereocenters. The number of nitrogens with one attached hydrogen (secondary N) is 2. The van der Waals surface area contributed by atoms with Crippen LogP contribution >= 0.6 is 0 Å². The van der Waals surface area contributed by atoms with Gasteiger partial charge in [0.1, 0.15) is 6.04 Å². The first kappa shape index (κ1) is 17.0. The number of carbonyl (C=O) groups is 2. The maximum Gasteiger partial charge on any atom is 0.328 e. The summed E-state index contributed by atoms with van der Waals surface area (Å²) in [6.45, 7) is 9.03. The van der Waals surface area contributed by atoms with Crippen molar-refractivity contribution in [2.75, 3.05) is 13.2 Å². The van der Waals surface area contributed by atoms with E-state index < -0.39 is 6.04 Å². The molecule has 1 aliphatic rings. The number of hydrogen-bond donors (Lipinski definition) is 2. The Labute approximate surface area is 121 Å². The SMILES string of the molecule is CCOC(=O)C(NC(=O)[C@H]1CCN[C@@H](C)C1)C(C)CC. The minimum absolute atomic E-state index is 0.00719. The molecule has 1 saturated heterocycles. The van der Waals surface area contributed by atoms with Gasteiger partial charge in [0.05, 0.1) is 6.61 Å². The topological polar surface area (TPSA) is 67.4 Å². The monoisotopic (exact) mass is 284 g/mol. The van der Waals surface area contributed by atoms with Crippen LogP contribution in [0.3, 0.4) is 0 Å². The fourth-order valence-corrected chi connectivity index (χ4v) is 2.54. The predicted octanol–water partition coefficient (Wildman–Crippen LogP) is 1.47. The van der Waals surface area contributed by atoms with Gasteiger partial charge < -0.3 is 15.4 Å². The Morgan fingerprint density at radius 1 is 1.40 bits per heavy atom. The van der Waals surface area contributed by atoms with Gasteiger partial charge in [-0.15, -0.1) is 0 Å². The number of rotatable bonds is 6. The molecular formula is C15H28N2O3. The summed E-state index contributed by atoms with van der Waals surface area (Å²) in [5, 5.41) is 6.23. The van der Waals surface area contributed by atoms with Crippen molar-refractivity contribution in [3.63, 3.8) is 0 Å². The average molecular weight is 284 g/mol. The Morgan fingerprint density at radius 2 is 2.10 bits per heavy atom. The van der Waals surface area contributed by atoms with Crippen LogP contribution in [-0.4, -0.2) is 37.1 Å². The van der Waals surface area contributed by atoms with Crippen molar-refractivity contribution >= 4 is 11.9 Å². The second kappa shape index (κ2) is 8.25. The fraction of sp³-hybridized carbons (Fsp3) is 0.867. The normalized spacial score (nSPS) is 25.6. The summed E-state index contributed by atoms with van der Waals surface area (Å²) < 4.78 is 5.07. The highest BCUT2D eigenvalue weighted by molar-refractivity contribution is 5.86. The highest BCUT2D eigenvalue weighted by atomic mass is 16.5. The Morgan fingerprint density at radius 3 is 2.65 bits per heavy atom. The smallest absolute Gasteiger partial charge is 0.328 e. The minimum atomic E-state index is -0.530. The molecule has 1 rings (SSSR count). The molecule has 1 amide bonds. The van der Waals surface area contributed by atoms with E-state index in [0.29, 0.717) is 12.6 Å². The molecule has 1 fully saturated rings. The van der Waals surface area contributed by atoms with Crippen molar-refractivity contribution < 1.29 is 14.3 Å². The molecule has 0 aromatic heterocycles. The zero-order chi connectivity index (χ0) is 15.1. The lowest BCUT2D eigenvalue weighted by Gasteiger charge is -2.29. The van der Waals surface area contributed by atoms with Crippen LogP contribution in [0.25, 0.3) is 0 Å². The van der Waals surface area contributed by atoms with Crippen molar-refractivity contribution in [2.24, 2.45) is 11.8 Å². The van der Waals surface area contributed by atoms with Gasteiger partial charge >= 0.3 is 5.97 Å². The molecule has 2 N–H and O–H groups in total. The van der Waals surface area contributed by atoms with Crippen LogP contribution in [-0.2, 0) is 14.3 Å². The Bertz CT molecular complexity index is 333. The Hall–Kier alpha value is -1.10. The third-order valence-corrected chi connectivity index (χ3v) is 4.05. The first-order valence-corrected chi connectivity index (χ1v) is 7.69. The molecule has 0 saturated carbocycles. The van der Waals surface area contributed by atoms with Crippen LogP contribution in [0.5, 0.6) is 0 Å². The molecule has 5 heteroatoms. The molecule has 5 nitrogen and oxygen atoms in total. The van der Waals surface area contributed by atoms with Crippen LogP contribution in [0, 0.1) is 11.8 Å². The van der Waals surface area contributed by atoms with Crippen LogP contribution in [0.1, 0.15) is 47.0 Å². The number of esters is 1. The highest BCUT2D eigenvalue weighted by Gasteiger charge is 2.31. The third-order valence-electron chi connectivity index (χ3n) is 4.05. The summed E-state index contributed by atoms with van der Waals surface area (Å²) in [5.74, 6) is -0.266. The van der Waals surface area contributed by atoms with E-state index in [9.17, 15) is 9.59 Å². The van der Waals surface area contributed by atoms with Gasteiger partial charge in [0.15, 0.2) is 0 Å². The molecule has 20 heavy (non-hydrogen) atoms. The molecule has 0 aromatic rings. The van der Waals surface area contributed by atoms with Crippen LogP contribution in [0.2, 0.25) is 0 Å². The van der Waals surface area contributed by atoms with Gasteiger partial charge in [-0.2, -0.15) is 0 Å². The maximum atomic E-state index is 12.3. The first-order valence-electron chi connectivity index (χ1n) is 7.69. The highest BCUT2D eigenvalue weighted by Crippen LogP contribution is 2.18. The van der Waals surface area contributed by atoms with E-state index in [1.165, 1.54) is 0 Å². The largest absolute Gasteiger partial charge is 0.464 e. The molecule has 2 unspecified atom stereocenters. The van der Waals surface area contributed by atoms with Gasteiger partial charge in [0, 0.05) is 12.0 Å². The van der Waals surface area contributed by atoms with Gasteiger partial charge in [-0.1, -0.05) is 20.3 Å². The van der Waals surface area contributed by atoms with E-state index in [1.807, 2.05) is 13.8 Å². The van der Waals surface area contributed by atoms with Crippen molar-refractivity contribution in [1.29, 1.82) is 0 Å². The van der Waals surface area contributed by atoms with E-state index in [-0.39, 0.29) is 23.7 Å². The summed E-state index contributed by atoms with van der Waals surface area (Å²) in [6, 6.07) is -0.179. The summed E-state index contributed by atoms with van der Waals surface area (Å²) >= 11 is 0. The molecular weight excluding hydrogens is 256 g/mol. The molecule has 0 radical (unpaired) electrons. The van der Waals surface area contributed by atoms with Crippen molar-refractivity contribution in [2.45, 2.75) is 59.0 Å². The van der Waals surface area contributed by atoms with E-state index in [2.05, 4.69) is 17.6 Å². The van der Waals surface area contributed by atoms with Crippen LogP contribution < -0.4 is 10.6 Å². The van der Waals surface area contributed by atoms with E-state index in [1.54, 1.807) is 6.92 Å². The molecule has 0 aliphatic carbocycles. The summed E-state index contributed by atoms with van der Waals surface area (Å²) in [4.78, 5) is 24.3. The second-order valence-electron chi connectivity index (χ2n) is 5.70. The van der Waals surface area contributed by atoms with Crippen molar-refractivity contribution in [3.8, 4) is 0 Å². The van der Waals surface area contributed by atoms with E-state index in [0.717, 1.165) is 25.8 Å². The van der Waals surface area contributed by atoms with Crippen molar-refractivity contribution in [3.05, 3.63) is 0 Å². The number of ether oxygens (including phenoxy) is 1. The number of amides is 1. The lowest BCUT2D eigenvalue weighted by Crippen LogP contribution is -2.50. The van der Waals surface area contributed by atoms with Gasteiger partial charge in [-0.3, -0.25) is 4.79 Å². The predicted molar refractivity (Wildman–Crippen MR) is 78.2 cm³/mol. The molecule has 0 bridgehead atoms. The second-order valence-corrected chi connectivity index (χ2v) is 5.70. The number of hydrogen-bond acceptors (Lipinski definition) is 4. The standard InChI is InChI=1S/C15H28N2O3/c1-5-10(3)13(15(19)20-6-2)17-14(18)12-7-8-16-11(4)9-12/h10-13,16H,5-9H2,1-4H3,(H,17,18)/t10?,11-,12-,13?/m0/s1. The maximum absolute atomic E-state index is 12.3. The Kier molecular flexibility index (Phi) is 6.99. The summed E-state index contributed by atoms with van der Waals surface area (Å²) in [6.07, 6.45) is 2.47. The van der Waals surface area contributed by atoms with Gasteiger partial charge in [0.2, 0.25) is 5.91 Å². The van der Waals surface area contributed by atoms with E-state index >= 15 is 0 Å². The quantitative estimate of drug-likeness (QED) is 0.725. The molecule has 116 valence electrons. The average Bonchev–Trinajstić information content (AvgIpc) is 2.43. The molecule has 0 spiro atoms. The Balaban J connectivity index is 2.63. The third kappa shape index (κ3) is 4.78. The van der Waals surface area contributed by atoms with Crippen LogP contribution in [0.4, 0.5) is 0 Å². The lowest BCUT2D eigenvalue weighted by molar-refractivity contribution is -0.149. The van der Waals surface area contributed by atoms with Crippen molar-refractivity contribution in [1.82, 2.24) is 10.6 Å². The first-order chi connectivity index (χ1) is 9.49. The van der Waals surface area contributed by atoms with Gasteiger partial charge in [-0.05, 0) is 39.2 Å². The minimum Gasteiger partial charge on any atom is -0.464 e. The van der Waals surface area contributed by atoms with Gasteiger partial charge in [-0.25, -0.2) is 4.79 Å². The molecule has 0 aromatic carbocycles. The lowest BCUT2D eigenvalue weighted by atomic mass is 9.91. The summed E-state index contributed by atoms with van der Waals surface area (Å²) in [7, 11) is 0.